The van der Waals surface area contributed by atoms with Gasteiger partial charge in [-0.15, -0.1) is 0 Å². The molecule has 1 aromatic heterocycles. The van der Waals surface area contributed by atoms with Crippen LogP contribution in [0.2, 0.25) is 0 Å². The first-order valence-corrected chi connectivity index (χ1v) is 5.86. The van der Waals surface area contributed by atoms with Crippen molar-refractivity contribution in [1.82, 2.24) is 9.88 Å². The molecule has 0 bridgehead atoms. The van der Waals surface area contributed by atoms with E-state index in [0.717, 1.165) is 24.6 Å². The summed E-state index contributed by atoms with van der Waals surface area (Å²) in [4.78, 5) is 17.3. The van der Waals surface area contributed by atoms with E-state index in [4.69, 9.17) is 5.73 Å². The highest BCUT2D eigenvalue weighted by atomic mass is 16.1. The van der Waals surface area contributed by atoms with Crippen molar-refractivity contribution in [2.75, 3.05) is 25.0 Å². The molecule has 94 valence electrons. The van der Waals surface area contributed by atoms with Gasteiger partial charge in [0.05, 0.1) is 12.2 Å². The van der Waals surface area contributed by atoms with E-state index in [-0.39, 0.29) is 12.5 Å². The third kappa shape index (κ3) is 4.82. The molecule has 1 aromatic rings. The molecule has 17 heavy (non-hydrogen) atoms. The number of primary amides is 1. The number of hydrogen-bond acceptors (Lipinski definition) is 4. The number of amides is 1. The Morgan fingerprint density at radius 2 is 2.24 bits per heavy atom. The van der Waals surface area contributed by atoms with Crippen molar-refractivity contribution < 1.29 is 4.79 Å². The van der Waals surface area contributed by atoms with Crippen molar-refractivity contribution in [3.63, 3.8) is 0 Å². The molecule has 1 heterocycles. The number of hydrogen-bond donors (Lipinski definition) is 2. The standard InChI is InChI=1S/C12H20N4O/c1-3-14-12-7-5-6-10(15-12)8-16(4-2)9-11(13)17/h5-7H,3-4,8-9H2,1-2H3,(H2,13,17)(H,14,15). The summed E-state index contributed by atoms with van der Waals surface area (Å²) in [5, 5.41) is 3.16. The Bertz CT molecular complexity index is 367. The van der Waals surface area contributed by atoms with Crippen LogP contribution >= 0.6 is 0 Å². The predicted molar refractivity (Wildman–Crippen MR) is 68.5 cm³/mol. The molecule has 1 rings (SSSR count). The number of pyridine rings is 1. The monoisotopic (exact) mass is 236 g/mol. The highest BCUT2D eigenvalue weighted by Gasteiger charge is 2.07. The molecule has 0 saturated carbocycles. The molecule has 0 radical (unpaired) electrons. The summed E-state index contributed by atoms with van der Waals surface area (Å²) in [6, 6.07) is 5.83. The number of rotatable bonds is 7. The van der Waals surface area contributed by atoms with Crippen LogP contribution in [-0.4, -0.2) is 35.4 Å². The summed E-state index contributed by atoms with van der Waals surface area (Å²) >= 11 is 0. The number of nitrogens with one attached hydrogen (secondary N) is 1. The molecule has 1 amide bonds. The van der Waals surface area contributed by atoms with Crippen molar-refractivity contribution in [3.05, 3.63) is 23.9 Å². The average Bonchev–Trinajstić information content (AvgIpc) is 2.28. The van der Waals surface area contributed by atoms with Gasteiger partial charge in [-0.3, -0.25) is 9.69 Å². The highest BCUT2D eigenvalue weighted by Crippen LogP contribution is 2.07. The second-order valence-electron chi connectivity index (χ2n) is 3.81. The van der Waals surface area contributed by atoms with Crippen molar-refractivity contribution in [2.45, 2.75) is 20.4 Å². The van der Waals surface area contributed by atoms with Gasteiger partial charge in [0.2, 0.25) is 5.91 Å². The maximum absolute atomic E-state index is 10.9. The van der Waals surface area contributed by atoms with Gasteiger partial charge in [-0.25, -0.2) is 4.98 Å². The summed E-state index contributed by atoms with van der Waals surface area (Å²) in [7, 11) is 0. The smallest absolute Gasteiger partial charge is 0.231 e. The van der Waals surface area contributed by atoms with Gasteiger partial charge in [0.25, 0.3) is 0 Å². The second kappa shape index (κ2) is 6.85. The highest BCUT2D eigenvalue weighted by molar-refractivity contribution is 5.75. The quantitative estimate of drug-likeness (QED) is 0.735. The Morgan fingerprint density at radius 3 is 2.82 bits per heavy atom. The van der Waals surface area contributed by atoms with E-state index in [2.05, 4.69) is 10.3 Å². The van der Waals surface area contributed by atoms with Gasteiger partial charge in [0.15, 0.2) is 0 Å². The third-order valence-corrected chi connectivity index (χ3v) is 2.38. The van der Waals surface area contributed by atoms with E-state index in [0.29, 0.717) is 6.54 Å². The minimum Gasteiger partial charge on any atom is -0.370 e. The molecule has 0 unspecified atom stereocenters. The third-order valence-electron chi connectivity index (χ3n) is 2.38. The zero-order chi connectivity index (χ0) is 12.7. The maximum Gasteiger partial charge on any atom is 0.231 e. The van der Waals surface area contributed by atoms with E-state index in [9.17, 15) is 4.79 Å². The molecule has 3 N–H and O–H groups in total. The minimum atomic E-state index is -0.310. The lowest BCUT2D eigenvalue weighted by molar-refractivity contribution is -0.119. The Morgan fingerprint density at radius 1 is 1.47 bits per heavy atom. The SMILES string of the molecule is CCNc1cccc(CN(CC)CC(N)=O)n1. The fourth-order valence-electron chi connectivity index (χ4n) is 1.58. The van der Waals surface area contributed by atoms with Crippen LogP contribution in [0, 0.1) is 0 Å². The van der Waals surface area contributed by atoms with Crippen LogP contribution in [0.3, 0.4) is 0 Å². The van der Waals surface area contributed by atoms with Gasteiger partial charge in [0.1, 0.15) is 5.82 Å². The molecule has 0 atom stereocenters. The second-order valence-corrected chi connectivity index (χ2v) is 3.81. The molecule has 0 aromatic carbocycles. The number of likely N-dealkylation sites (N-methyl/N-ethyl adjacent to an activating group) is 1. The number of nitrogens with two attached hydrogens (primary N) is 1. The normalized spacial score (nSPS) is 10.5. The number of nitrogens with zero attached hydrogens (tertiary/aromatic N) is 2. The first-order valence-electron chi connectivity index (χ1n) is 5.86. The van der Waals surface area contributed by atoms with E-state index in [1.807, 2.05) is 36.9 Å². The Kier molecular flexibility index (Phi) is 5.42. The zero-order valence-corrected chi connectivity index (χ0v) is 10.4. The van der Waals surface area contributed by atoms with E-state index >= 15 is 0 Å². The topological polar surface area (TPSA) is 71.2 Å². The molecule has 5 nitrogen and oxygen atoms in total. The summed E-state index contributed by atoms with van der Waals surface area (Å²) in [6.07, 6.45) is 0. The number of anilines is 1. The Hall–Kier alpha value is -1.62. The van der Waals surface area contributed by atoms with E-state index in [1.165, 1.54) is 0 Å². The first-order chi connectivity index (χ1) is 8.15. The van der Waals surface area contributed by atoms with Gasteiger partial charge in [-0.05, 0) is 25.6 Å². The summed E-state index contributed by atoms with van der Waals surface area (Å²) in [6.45, 7) is 6.55. The van der Waals surface area contributed by atoms with E-state index in [1.54, 1.807) is 0 Å². The number of carbonyl (C=O) groups is 1. The Labute approximate surface area is 102 Å². The van der Waals surface area contributed by atoms with Crippen LogP contribution in [0.4, 0.5) is 5.82 Å². The fourth-order valence-corrected chi connectivity index (χ4v) is 1.58. The number of aromatic nitrogens is 1. The molecule has 0 aliphatic carbocycles. The minimum absolute atomic E-state index is 0.267. The van der Waals surface area contributed by atoms with Gasteiger partial charge in [-0.2, -0.15) is 0 Å². The van der Waals surface area contributed by atoms with Gasteiger partial charge >= 0.3 is 0 Å². The van der Waals surface area contributed by atoms with Gasteiger partial charge in [-0.1, -0.05) is 13.0 Å². The summed E-state index contributed by atoms with van der Waals surface area (Å²) < 4.78 is 0. The molecular weight excluding hydrogens is 216 g/mol. The molecule has 0 fully saturated rings. The van der Waals surface area contributed by atoms with Gasteiger partial charge in [0, 0.05) is 13.1 Å². The lowest BCUT2D eigenvalue weighted by atomic mass is 10.3. The van der Waals surface area contributed by atoms with Gasteiger partial charge < -0.3 is 11.1 Å². The summed E-state index contributed by atoms with van der Waals surface area (Å²) in [5.41, 5.74) is 6.12. The zero-order valence-electron chi connectivity index (χ0n) is 10.4. The first kappa shape index (κ1) is 13.4. The van der Waals surface area contributed by atoms with Crippen molar-refractivity contribution >= 4 is 11.7 Å². The van der Waals surface area contributed by atoms with Crippen LogP contribution in [0.5, 0.6) is 0 Å². The summed E-state index contributed by atoms with van der Waals surface area (Å²) in [5.74, 6) is 0.551. The fraction of sp³-hybridized carbons (Fsp3) is 0.500. The van der Waals surface area contributed by atoms with Crippen LogP contribution in [0.1, 0.15) is 19.5 Å². The van der Waals surface area contributed by atoms with Crippen LogP contribution < -0.4 is 11.1 Å². The van der Waals surface area contributed by atoms with Crippen molar-refractivity contribution in [1.29, 1.82) is 0 Å². The maximum atomic E-state index is 10.9. The molecule has 0 saturated heterocycles. The largest absolute Gasteiger partial charge is 0.370 e. The van der Waals surface area contributed by atoms with Crippen LogP contribution in [0.25, 0.3) is 0 Å². The molecule has 0 aliphatic rings. The molecular formula is C12H20N4O. The molecule has 0 spiro atoms. The lowest BCUT2D eigenvalue weighted by Crippen LogP contribution is -2.33. The lowest BCUT2D eigenvalue weighted by Gasteiger charge is -2.18. The Balaban J connectivity index is 2.65. The predicted octanol–water partition coefficient (Wildman–Crippen LogP) is 0.821. The average molecular weight is 236 g/mol. The molecule has 5 heteroatoms. The molecule has 0 aliphatic heterocycles. The van der Waals surface area contributed by atoms with Crippen LogP contribution in [0.15, 0.2) is 18.2 Å². The van der Waals surface area contributed by atoms with Crippen LogP contribution in [-0.2, 0) is 11.3 Å². The number of carbonyl (C=O) groups excluding carboxylic acids is 1. The van der Waals surface area contributed by atoms with E-state index < -0.39 is 0 Å². The van der Waals surface area contributed by atoms with Crippen molar-refractivity contribution in [2.24, 2.45) is 5.73 Å². The van der Waals surface area contributed by atoms with Crippen molar-refractivity contribution in [3.8, 4) is 0 Å².